The van der Waals surface area contributed by atoms with Crippen molar-refractivity contribution in [3.63, 3.8) is 0 Å². The third kappa shape index (κ3) is 5.69. The Bertz CT molecular complexity index is 869. The van der Waals surface area contributed by atoms with Gasteiger partial charge in [0.2, 0.25) is 11.8 Å². The zero-order valence-corrected chi connectivity index (χ0v) is 16.2. The van der Waals surface area contributed by atoms with E-state index in [4.69, 9.17) is 15.2 Å². The van der Waals surface area contributed by atoms with Crippen molar-refractivity contribution in [1.82, 2.24) is 5.32 Å². The first-order valence-corrected chi connectivity index (χ1v) is 9.45. The summed E-state index contributed by atoms with van der Waals surface area (Å²) in [7, 11) is 0. The molecule has 0 spiro atoms. The van der Waals surface area contributed by atoms with Crippen molar-refractivity contribution in [2.75, 3.05) is 18.5 Å². The second-order valence-electron chi connectivity index (χ2n) is 6.85. The number of carbonyl (C=O) groups is 2. The number of anilines is 1. The fourth-order valence-corrected chi connectivity index (χ4v) is 3.02. The minimum atomic E-state index is -0.743. The molecule has 2 unspecified atom stereocenters. The summed E-state index contributed by atoms with van der Waals surface area (Å²) in [6.45, 7) is 2.19. The zero-order valence-electron chi connectivity index (χ0n) is 16.2. The van der Waals surface area contributed by atoms with Crippen LogP contribution >= 0.6 is 0 Å². The van der Waals surface area contributed by atoms with E-state index >= 15 is 0 Å². The first-order chi connectivity index (χ1) is 13.9. The number of ether oxygens (including phenoxy) is 2. The molecule has 1 heterocycles. The maximum absolute atomic E-state index is 11.5. The predicted molar refractivity (Wildman–Crippen MR) is 108 cm³/mol. The van der Waals surface area contributed by atoms with Crippen LogP contribution in [0.25, 0.3) is 0 Å². The molecule has 0 aliphatic carbocycles. The van der Waals surface area contributed by atoms with E-state index in [0.29, 0.717) is 29.9 Å². The largest absolute Gasteiger partial charge is 0.490 e. The molecule has 0 bridgehead atoms. The van der Waals surface area contributed by atoms with E-state index in [2.05, 4.69) is 10.6 Å². The van der Waals surface area contributed by atoms with Gasteiger partial charge in [-0.1, -0.05) is 6.07 Å². The molecule has 0 fully saturated rings. The molecular formula is C21H25N3O5. The van der Waals surface area contributed by atoms with Gasteiger partial charge in [-0.3, -0.25) is 14.9 Å². The third-order valence-electron chi connectivity index (χ3n) is 4.53. The van der Waals surface area contributed by atoms with Crippen LogP contribution in [0.1, 0.15) is 29.3 Å². The summed E-state index contributed by atoms with van der Waals surface area (Å²) < 4.78 is 11.5. The van der Waals surface area contributed by atoms with Crippen LogP contribution in [0.15, 0.2) is 42.5 Å². The molecular weight excluding hydrogens is 374 g/mol. The van der Waals surface area contributed by atoms with Gasteiger partial charge in [0.15, 0.2) is 0 Å². The second-order valence-corrected chi connectivity index (χ2v) is 6.85. The van der Waals surface area contributed by atoms with Crippen molar-refractivity contribution in [3.05, 3.63) is 53.6 Å². The number of hydrogen-bond acceptors (Lipinski definition) is 6. The maximum atomic E-state index is 11.5. The average molecular weight is 399 g/mol. The molecule has 0 radical (unpaired) electrons. The van der Waals surface area contributed by atoms with Gasteiger partial charge < -0.3 is 25.6 Å². The third-order valence-corrected chi connectivity index (χ3v) is 4.53. The van der Waals surface area contributed by atoms with Gasteiger partial charge in [-0.05, 0) is 49.7 Å². The van der Waals surface area contributed by atoms with Crippen molar-refractivity contribution < 1.29 is 24.2 Å². The van der Waals surface area contributed by atoms with Gasteiger partial charge in [0.25, 0.3) is 0 Å². The fraction of sp³-hybridized carbons (Fsp3) is 0.333. The molecule has 0 saturated heterocycles. The number of fused-ring (bicyclic) bond motifs is 1. The molecule has 2 aromatic rings. The number of hydrogen-bond donors (Lipinski definition) is 4. The molecule has 2 amide bonds. The van der Waals surface area contributed by atoms with Gasteiger partial charge >= 0.3 is 0 Å². The number of aliphatic hydroxyl groups excluding tert-OH is 1. The van der Waals surface area contributed by atoms with Gasteiger partial charge in [-0.25, -0.2) is 0 Å². The monoisotopic (exact) mass is 399 g/mol. The molecule has 0 saturated carbocycles. The van der Waals surface area contributed by atoms with Gasteiger partial charge in [0.1, 0.15) is 30.4 Å². The second kappa shape index (κ2) is 9.40. The molecule has 1 aliphatic heterocycles. The molecule has 2 aromatic carbocycles. The molecule has 29 heavy (non-hydrogen) atoms. The first kappa shape index (κ1) is 20.6. The highest BCUT2D eigenvalue weighted by molar-refractivity contribution is 5.94. The van der Waals surface area contributed by atoms with E-state index < -0.39 is 12.0 Å². The molecule has 0 aromatic heterocycles. The minimum Gasteiger partial charge on any atom is -0.490 e. The summed E-state index contributed by atoms with van der Waals surface area (Å²) >= 11 is 0. The lowest BCUT2D eigenvalue weighted by Gasteiger charge is -2.22. The Morgan fingerprint density at radius 2 is 2.00 bits per heavy atom. The smallest absolute Gasteiger partial charge is 0.248 e. The van der Waals surface area contributed by atoms with E-state index in [0.717, 1.165) is 11.3 Å². The van der Waals surface area contributed by atoms with Gasteiger partial charge in [-0.15, -0.1) is 0 Å². The summed E-state index contributed by atoms with van der Waals surface area (Å²) in [6.07, 6.45) is -0.0613. The van der Waals surface area contributed by atoms with Crippen LogP contribution in [-0.4, -0.2) is 42.4 Å². The van der Waals surface area contributed by atoms with Crippen molar-refractivity contribution in [3.8, 4) is 11.5 Å². The van der Waals surface area contributed by atoms with Crippen molar-refractivity contribution in [2.24, 2.45) is 5.73 Å². The number of nitrogens with one attached hydrogen (secondary N) is 2. The Morgan fingerprint density at radius 1 is 1.24 bits per heavy atom. The summed E-state index contributed by atoms with van der Waals surface area (Å²) in [5.74, 6) is 0.754. The molecule has 2 atom stereocenters. The van der Waals surface area contributed by atoms with Gasteiger partial charge in [-0.2, -0.15) is 0 Å². The van der Waals surface area contributed by atoms with Crippen LogP contribution in [0.4, 0.5) is 5.69 Å². The number of amides is 2. The average Bonchev–Trinajstić information content (AvgIpc) is 2.70. The highest BCUT2D eigenvalue weighted by Gasteiger charge is 2.19. The SMILES string of the molecule is CC(NCC(O)COc1cccc2c1CCC(=O)N2)Oc1ccc(C(N)=O)cc1. The van der Waals surface area contributed by atoms with E-state index in [-0.39, 0.29) is 25.3 Å². The van der Waals surface area contributed by atoms with Gasteiger partial charge in [0, 0.05) is 29.8 Å². The highest BCUT2D eigenvalue weighted by atomic mass is 16.5. The lowest BCUT2D eigenvalue weighted by molar-refractivity contribution is -0.116. The zero-order chi connectivity index (χ0) is 20.8. The molecule has 154 valence electrons. The van der Waals surface area contributed by atoms with Crippen LogP contribution in [0, 0.1) is 0 Å². The molecule has 3 rings (SSSR count). The standard InChI is InChI=1S/C21H25N3O5/c1-13(29-16-7-5-14(6-8-16)21(22)27)23-11-15(25)12-28-19-4-2-3-18-17(19)9-10-20(26)24-18/h2-8,13,15,23,25H,9-12H2,1H3,(H2,22,27)(H,24,26). The Morgan fingerprint density at radius 3 is 2.72 bits per heavy atom. The summed E-state index contributed by atoms with van der Waals surface area (Å²) in [4.78, 5) is 22.6. The van der Waals surface area contributed by atoms with Crippen LogP contribution in [0.5, 0.6) is 11.5 Å². The highest BCUT2D eigenvalue weighted by Crippen LogP contribution is 2.31. The van der Waals surface area contributed by atoms with Crippen molar-refractivity contribution in [2.45, 2.75) is 32.1 Å². The summed E-state index contributed by atoms with van der Waals surface area (Å²) in [6, 6.07) is 12.0. The number of primary amides is 1. The lowest BCUT2D eigenvalue weighted by atomic mass is 10.0. The lowest BCUT2D eigenvalue weighted by Crippen LogP contribution is -2.39. The molecule has 1 aliphatic rings. The quantitative estimate of drug-likeness (QED) is 0.473. The topological polar surface area (TPSA) is 123 Å². The predicted octanol–water partition coefficient (Wildman–Crippen LogP) is 1.42. The Kier molecular flexibility index (Phi) is 6.69. The van der Waals surface area contributed by atoms with Crippen molar-refractivity contribution >= 4 is 17.5 Å². The van der Waals surface area contributed by atoms with Crippen LogP contribution in [0.3, 0.4) is 0 Å². The number of rotatable bonds is 9. The normalized spacial score (nSPS) is 15.0. The summed E-state index contributed by atoms with van der Waals surface area (Å²) in [5.41, 5.74) is 7.33. The number of aliphatic hydroxyl groups is 1. The van der Waals surface area contributed by atoms with E-state index in [1.165, 1.54) is 0 Å². The van der Waals surface area contributed by atoms with Crippen LogP contribution in [0.2, 0.25) is 0 Å². The minimum absolute atomic E-state index is 0.00265. The Hall–Kier alpha value is -3.10. The molecule has 8 heteroatoms. The van der Waals surface area contributed by atoms with E-state index in [1.807, 2.05) is 25.1 Å². The number of benzene rings is 2. The fourth-order valence-electron chi connectivity index (χ4n) is 3.02. The van der Waals surface area contributed by atoms with E-state index in [1.54, 1.807) is 24.3 Å². The molecule has 5 N–H and O–H groups in total. The molecule has 8 nitrogen and oxygen atoms in total. The number of nitrogens with two attached hydrogens (primary N) is 1. The summed E-state index contributed by atoms with van der Waals surface area (Å²) in [5, 5.41) is 16.1. The van der Waals surface area contributed by atoms with Crippen LogP contribution in [-0.2, 0) is 11.2 Å². The first-order valence-electron chi connectivity index (χ1n) is 9.45. The Labute approximate surface area is 169 Å². The van der Waals surface area contributed by atoms with Crippen LogP contribution < -0.4 is 25.8 Å². The maximum Gasteiger partial charge on any atom is 0.248 e. The van der Waals surface area contributed by atoms with Crippen molar-refractivity contribution in [1.29, 1.82) is 0 Å². The van der Waals surface area contributed by atoms with Gasteiger partial charge in [0.05, 0.1) is 0 Å². The van der Waals surface area contributed by atoms with E-state index in [9.17, 15) is 14.7 Å². The number of carbonyl (C=O) groups excluding carboxylic acids is 2. The Balaban J connectivity index is 1.44.